The van der Waals surface area contributed by atoms with Gasteiger partial charge in [-0.15, -0.1) is 12.4 Å². The van der Waals surface area contributed by atoms with Crippen LogP contribution in [0.2, 0.25) is 0 Å². The number of halogens is 1. The number of sulfonamides is 1. The van der Waals surface area contributed by atoms with E-state index < -0.39 is 10.0 Å². The highest BCUT2D eigenvalue weighted by Gasteiger charge is 2.24. The van der Waals surface area contributed by atoms with Crippen molar-refractivity contribution in [1.82, 2.24) is 14.2 Å². The molecular weight excluding hydrogens is 480 g/mol. The normalized spacial score (nSPS) is 11.7. The van der Waals surface area contributed by atoms with Crippen molar-refractivity contribution < 1.29 is 13.2 Å². The summed E-state index contributed by atoms with van der Waals surface area (Å²) < 4.78 is 27.9. The molecule has 3 aromatic rings. The topological polar surface area (TPSA) is 73.8 Å². The minimum Gasteiger partial charge on any atom is -0.308 e. The smallest absolute Gasteiger partial charge is 0.260 e. The van der Waals surface area contributed by atoms with E-state index >= 15 is 0 Å². The molecule has 0 saturated carbocycles. The first-order valence-corrected chi connectivity index (χ1v) is 12.9. The molecule has 0 saturated heterocycles. The number of aryl methyl sites for hydroxylation is 1. The number of hydrogen-bond acceptors (Lipinski definition) is 6. The van der Waals surface area contributed by atoms with Crippen molar-refractivity contribution in [3.8, 4) is 0 Å². The van der Waals surface area contributed by atoms with Crippen LogP contribution in [0, 0.1) is 6.92 Å². The van der Waals surface area contributed by atoms with Gasteiger partial charge in [0, 0.05) is 31.7 Å². The fourth-order valence-corrected chi connectivity index (χ4v) is 5.90. The summed E-state index contributed by atoms with van der Waals surface area (Å²) in [4.78, 5) is 22.0. The Bertz CT molecular complexity index is 1190. The van der Waals surface area contributed by atoms with Gasteiger partial charge in [-0.3, -0.25) is 9.69 Å². The van der Waals surface area contributed by atoms with Crippen molar-refractivity contribution in [2.45, 2.75) is 25.7 Å². The third kappa shape index (κ3) is 6.10. The Morgan fingerprint density at radius 1 is 1.00 bits per heavy atom. The molecule has 0 bridgehead atoms. The van der Waals surface area contributed by atoms with Gasteiger partial charge in [-0.25, -0.2) is 13.4 Å². The zero-order valence-electron chi connectivity index (χ0n) is 19.6. The molecule has 0 spiro atoms. The number of likely N-dealkylation sites (N-methyl/N-ethyl adjacent to an activating group) is 1. The molecule has 180 valence electrons. The second-order valence-electron chi connectivity index (χ2n) is 7.84. The molecule has 0 aliphatic rings. The molecule has 1 aromatic heterocycles. The van der Waals surface area contributed by atoms with Gasteiger partial charge in [0.25, 0.3) is 5.91 Å². The first-order chi connectivity index (χ1) is 15.2. The van der Waals surface area contributed by atoms with Crippen molar-refractivity contribution in [2.75, 3.05) is 45.2 Å². The molecule has 7 nitrogen and oxygen atoms in total. The fourth-order valence-electron chi connectivity index (χ4n) is 3.36. The summed E-state index contributed by atoms with van der Waals surface area (Å²) in [5.74, 6) is -0.200. The van der Waals surface area contributed by atoms with Gasteiger partial charge in [-0.1, -0.05) is 31.3 Å². The predicted molar refractivity (Wildman–Crippen MR) is 138 cm³/mol. The highest BCUT2D eigenvalue weighted by atomic mass is 35.5. The Morgan fingerprint density at radius 2 is 1.64 bits per heavy atom. The number of fused-ring (bicyclic) bond motifs is 1. The summed E-state index contributed by atoms with van der Waals surface area (Å²) in [7, 11) is 0.344. The molecule has 0 aliphatic heterocycles. The summed E-state index contributed by atoms with van der Waals surface area (Å²) in [6.07, 6.45) is 0. The molecule has 3 rings (SSSR count). The van der Waals surface area contributed by atoms with Gasteiger partial charge in [0.2, 0.25) is 10.0 Å². The van der Waals surface area contributed by atoms with Crippen molar-refractivity contribution >= 4 is 55.0 Å². The molecule has 2 aromatic carbocycles. The third-order valence-electron chi connectivity index (χ3n) is 5.22. The van der Waals surface area contributed by atoms with E-state index in [-0.39, 0.29) is 23.2 Å². The van der Waals surface area contributed by atoms with Gasteiger partial charge in [0.1, 0.15) is 0 Å². The van der Waals surface area contributed by atoms with Crippen LogP contribution in [0.15, 0.2) is 47.4 Å². The lowest BCUT2D eigenvalue weighted by Crippen LogP contribution is -2.36. The number of benzene rings is 2. The van der Waals surface area contributed by atoms with E-state index in [0.29, 0.717) is 36.9 Å². The summed E-state index contributed by atoms with van der Waals surface area (Å²) in [6.45, 7) is 7.59. The molecule has 1 heterocycles. The quantitative estimate of drug-likeness (QED) is 0.430. The molecule has 0 unspecified atom stereocenters. The predicted octanol–water partition coefficient (Wildman–Crippen LogP) is 4.27. The maximum Gasteiger partial charge on any atom is 0.260 e. The number of amides is 1. The molecule has 0 aliphatic carbocycles. The molecule has 1 amide bonds. The van der Waals surface area contributed by atoms with Crippen LogP contribution < -0.4 is 4.90 Å². The van der Waals surface area contributed by atoms with Gasteiger partial charge in [-0.05, 0) is 63.0 Å². The van der Waals surface area contributed by atoms with E-state index in [2.05, 4.69) is 11.1 Å². The lowest BCUT2D eigenvalue weighted by atomic mass is 10.2. The van der Waals surface area contributed by atoms with Gasteiger partial charge < -0.3 is 4.90 Å². The number of rotatable bonds is 9. The number of hydrogen-bond donors (Lipinski definition) is 0. The molecular formula is C23H31ClN4O3S2. The van der Waals surface area contributed by atoms with Crippen molar-refractivity contribution in [3.63, 3.8) is 0 Å². The molecule has 0 N–H and O–H groups in total. The van der Waals surface area contributed by atoms with Gasteiger partial charge in [-0.2, -0.15) is 4.31 Å². The maximum atomic E-state index is 13.4. The molecule has 0 atom stereocenters. The van der Waals surface area contributed by atoms with E-state index in [0.717, 1.165) is 15.8 Å². The summed E-state index contributed by atoms with van der Waals surface area (Å²) >= 11 is 1.48. The van der Waals surface area contributed by atoms with Crippen LogP contribution >= 0.6 is 23.7 Å². The van der Waals surface area contributed by atoms with Crippen molar-refractivity contribution in [3.05, 3.63) is 53.6 Å². The van der Waals surface area contributed by atoms with Gasteiger partial charge >= 0.3 is 0 Å². The number of thiazole rings is 1. The van der Waals surface area contributed by atoms with E-state index in [1.807, 2.05) is 38.1 Å². The number of aromatic nitrogens is 1. The molecule has 33 heavy (non-hydrogen) atoms. The van der Waals surface area contributed by atoms with Crippen LogP contribution in [0.3, 0.4) is 0 Å². The highest BCUT2D eigenvalue weighted by molar-refractivity contribution is 7.89. The number of carbonyl (C=O) groups is 1. The van der Waals surface area contributed by atoms with Crippen LogP contribution in [-0.4, -0.2) is 68.8 Å². The Labute approximate surface area is 206 Å². The summed E-state index contributed by atoms with van der Waals surface area (Å²) in [6, 6.07) is 12.2. The monoisotopic (exact) mass is 510 g/mol. The van der Waals surface area contributed by atoms with Crippen molar-refractivity contribution in [2.24, 2.45) is 0 Å². The number of carbonyl (C=O) groups excluding carboxylic acids is 1. The Balaban J connectivity index is 0.00000385. The Hall–Kier alpha value is -2.04. The van der Waals surface area contributed by atoms with Gasteiger partial charge in [0.05, 0.1) is 15.1 Å². The van der Waals surface area contributed by atoms with Crippen LogP contribution in [0.25, 0.3) is 10.2 Å². The standard InChI is InChI=1S/C23H30N4O3S2.ClH/c1-6-26(7-2)32(29,30)19-11-9-18(10-12-19)22(28)27(15-14-25(4)5)23-24-20-13-8-17(3)16-21(20)31-23;/h8-13,16H,6-7,14-15H2,1-5H3;1H. The van der Waals surface area contributed by atoms with E-state index in [9.17, 15) is 13.2 Å². The fraction of sp³-hybridized carbons (Fsp3) is 0.391. The summed E-state index contributed by atoms with van der Waals surface area (Å²) in [5.41, 5.74) is 2.43. The third-order valence-corrected chi connectivity index (χ3v) is 8.33. The average Bonchev–Trinajstić information content (AvgIpc) is 3.17. The highest BCUT2D eigenvalue weighted by Crippen LogP contribution is 2.30. The lowest BCUT2D eigenvalue weighted by Gasteiger charge is -2.22. The van der Waals surface area contributed by atoms with Crippen molar-refractivity contribution in [1.29, 1.82) is 0 Å². The molecule has 10 heteroatoms. The Kier molecular flexibility index (Phi) is 9.39. The van der Waals surface area contributed by atoms with Gasteiger partial charge in [0.15, 0.2) is 5.13 Å². The SMILES string of the molecule is CCN(CC)S(=O)(=O)c1ccc(C(=O)N(CCN(C)C)c2nc3ccc(C)cc3s2)cc1.Cl. The second kappa shape index (κ2) is 11.4. The zero-order valence-corrected chi connectivity index (χ0v) is 22.1. The number of anilines is 1. The van der Waals surface area contributed by atoms with Crippen LogP contribution in [0.4, 0.5) is 5.13 Å². The maximum absolute atomic E-state index is 13.4. The molecule has 0 fully saturated rings. The summed E-state index contributed by atoms with van der Waals surface area (Å²) in [5, 5.41) is 0.636. The largest absolute Gasteiger partial charge is 0.308 e. The van der Waals surface area contributed by atoms with Crippen LogP contribution in [-0.2, 0) is 10.0 Å². The lowest BCUT2D eigenvalue weighted by molar-refractivity contribution is 0.0985. The van der Waals surface area contributed by atoms with E-state index in [1.54, 1.807) is 30.9 Å². The minimum atomic E-state index is -3.57. The van der Waals surface area contributed by atoms with E-state index in [1.165, 1.54) is 27.8 Å². The average molecular weight is 511 g/mol. The van der Waals surface area contributed by atoms with Crippen LogP contribution in [0.1, 0.15) is 29.8 Å². The first kappa shape index (κ1) is 27.2. The second-order valence-corrected chi connectivity index (χ2v) is 10.8. The molecule has 0 radical (unpaired) electrons. The first-order valence-electron chi connectivity index (χ1n) is 10.6. The number of nitrogens with zero attached hydrogens (tertiary/aromatic N) is 4. The van der Waals surface area contributed by atoms with Crippen LogP contribution in [0.5, 0.6) is 0 Å². The Morgan fingerprint density at radius 3 is 2.21 bits per heavy atom. The van der Waals surface area contributed by atoms with E-state index in [4.69, 9.17) is 0 Å². The minimum absolute atomic E-state index is 0. The zero-order chi connectivity index (χ0) is 23.5.